The van der Waals surface area contributed by atoms with E-state index in [1.54, 1.807) is 0 Å². The SMILES string of the molecule is CC(C)Cc1ccc(CC(=O)N(C)CC(C)C)cc1. The second kappa shape index (κ2) is 7.32. The molecule has 1 aromatic carbocycles. The standard InChI is InChI=1S/C17H27NO/c1-13(2)10-15-6-8-16(9-7-15)11-17(19)18(5)12-14(3)4/h6-9,13-14H,10-12H2,1-5H3. The molecule has 2 nitrogen and oxygen atoms in total. The molecule has 1 aromatic rings. The van der Waals surface area contributed by atoms with E-state index in [4.69, 9.17) is 0 Å². The van der Waals surface area contributed by atoms with Gasteiger partial charge in [-0.05, 0) is 29.4 Å². The zero-order chi connectivity index (χ0) is 14.4. The average molecular weight is 261 g/mol. The van der Waals surface area contributed by atoms with Gasteiger partial charge in [-0.3, -0.25) is 4.79 Å². The molecule has 1 amide bonds. The van der Waals surface area contributed by atoms with Gasteiger partial charge in [0, 0.05) is 13.6 Å². The normalized spacial score (nSPS) is 11.1. The fourth-order valence-corrected chi connectivity index (χ4v) is 2.22. The van der Waals surface area contributed by atoms with E-state index < -0.39 is 0 Å². The molecule has 0 aliphatic heterocycles. The van der Waals surface area contributed by atoms with Crippen LogP contribution < -0.4 is 0 Å². The van der Waals surface area contributed by atoms with E-state index in [0.29, 0.717) is 18.3 Å². The highest BCUT2D eigenvalue weighted by atomic mass is 16.2. The van der Waals surface area contributed by atoms with Gasteiger partial charge in [0.15, 0.2) is 0 Å². The average Bonchev–Trinajstić information content (AvgIpc) is 2.30. The Kier molecular flexibility index (Phi) is 6.07. The van der Waals surface area contributed by atoms with Crippen LogP contribution in [0, 0.1) is 11.8 Å². The number of likely N-dealkylation sites (N-methyl/N-ethyl adjacent to an activating group) is 1. The lowest BCUT2D eigenvalue weighted by Crippen LogP contribution is -2.31. The number of amides is 1. The first-order valence-corrected chi connectivity index (χ1v) is 7.20. The minimum absolute atomic E-state index is 0.199. The number of rotatable bonds is 6. The van der Waals surface area contributed by atoms with Gasteiger partial charge in [0.1, 0.15) is 0 Å². The first-order valence-electron chi connectivity index (χ1n) is 7.20. The Morgan fingerprint density at radius 3 is 2.00 bits per heavy atom. The summed E-state index contributed by atoms with van der Waals surface area (Å²) in [5, 5.41) is 0. The van der Waals surface area contributed by atoms with Crippen molar-refractivity contribution in [3.8, 4) is 0 Å². The Morgan fingerprint density at radius 1 is 1.00 bits per heavy atom. The molecule has 0 bridgehead atoms. The zero-order valence-electron chi connectivity index (χ0n) is 12.9. The molecular weight excluding hydrogens is 234 g/mol. The Balaban J connectivity index is 2.55. The van der Waals surface area contributed by atoms with Gasteiger partial charge in [-0.25, -0.2) is 0 Å². The first-order chi connectivity index (χ1) is 8.88. The Hall–Kier alpha value is -1.31. The lowest BCUT2D eigenvalue weighted by Gasteiger charge is -2.19. The van der Waals surface area contributed by atoms with Gasteiger partial charge in [-0.2, -0.15) is 0 Å². The smallest absolute Gasteiger partial charge is 0.226 e. The highest BCUT2D eigenvalue weighted by molar-refractivity contribution is 5.78. The van der Waals surface area contributed by atoms with Gasteiger partial charge in [0.25, 0.3) is 0 Å². The summed E-state index contributed by atoms with van der Waals surface area (Å²) in [5.74, 6) is 1.39. The van der Waals surface area contributed by atoms with Crippen LogP contribution in [0.1, 0.15) is 38.8 Å². The number of carbonyl (C=O) groups is 1. The highest BCUT2D eigenvalue weighted by Gasteiger charge is 2.10. The Labute approximate surface area is 117 Å². The summed E-state index contributed by atoms with van der Waals surface area (Å²) in [6.07, 6.45) is 1.60. The Bertz CT molecular complexity index is 392. The molecule has 0 aliphatic carbocycles. The second-order valence-corrected chi connectivity index (χ2v) is 6.26. The van der Waals surface area contributed by atoms with E-state index >= 15 is 0 Å². The van der Waals surface area contributed by atoms with Crippen LogP contribution in [0.3, 0.4) is 0 Å². The third-order valence-corrected chi connectivity index (χ3v) is 3.09. The summed E-state index contributed by atoms with van der Waals surface area (Å²) in [5.41, 5.74) is 2.45. The van der Waals surface area contributed by atoms with Gasteiger partial charge in [0.05, 0.1) is 6.42 Å². The molecule has 0 unspecified atom stereocenters. The maximum Gasteiger partial charge on any atom is 0.226 e. The van der Waals surface area contributed by atoms with E-state index in [0.717, 1.165) is 18.5 Å². The molecule has 0 spiro atoms. The van der Waals surface area contributed by atoms with Gasteiger partial charge in [-0.1, -0.05) is 52.0 Å². The summed E-state index contributed by atoms with van der Waals surface area (Å²) in [4.78, 5) is 13.9. The monoisotopic (exact) mass is 261 g/mol. The predicted molar refractivity (Wildman–Crippen MR) is 81.2 cm³/mol. The summed E-state index contributed by atoms with van der Waals surface area (Å²) in [7, 11) is 1.88. The fourth-order valence-electron chi connectivity index (χ4n) is 2.22. The molecule has 106 valence electrons. The quantitative estimate of drug-likeness (QED) is 0.767. The minimum atomic E-state index is 0.199. The third kappa shape index (κ3) is 5.91. The van der Waals surface area contributed by atoms with Crippen molar-refractivity contribution in [3.05, 3.63) is 35.4 Å². The van der Waals surface area contributed by atoms with Crippen LogP contribution in [-0.2, 0) is 17.6 Å². The van der Waals surface area contributed by atoms with Crippen molar-refractivity contribution in [3.63, 3.8) is 0 Å². The van der Waals surface area contributed by atoms with Crippen LogP contribution in [0.15, 0.2) is 24.3 Å². The van der Waals surface area contributed by atoms with Crippen LogP contribution >= 0.6 is 0 Å². The zero-order valence-corrected chi connectivity index (χ0v) is 12.9. The molecule has 0 aliphatic rings. The van der Waals surface area contributed by atoms with E-state index in [9.17, 15) is 4.79 Å². The number of nitrogens with zero attached hydrogens (tertiary/aromatic N) is 1. The Morgan fingerprint density at radius 2 is 1.53 bits per heavy atom. The van der Waals surface area contributed by atoms with E-state index in [1.165, 1.54) is 5.56 Å². The van der Waals surface area contributed by atoms with Crippen LogP contribution in [0.2, 0.25) is 0 Å². The van der Waals surface area contributed by atoms with E-state index in [1.807, 2.05) is 11.9 Å². The topological polar surface area (TPSA) is 20.3 Å². The number of hydrogen-bond acceptors (Lipinski definition) is 1. The first kappa shape index (κ1) is 15.7. The van der Waals surface area contributed by atoms with Crippen LogP contribution in [0.4, 0.5) is 0 Å². The molecule has 19 heavy (non-hydrogen) atoms. The van der Waals surface area contributed by atoms with Crippen molar-refractivity contribution in [2.24, 2.45) is 11.8 Å². The molecule has 0 saturated heterocycles. The molecule has 0 atom stereocenters. The van der Waals surface area contributed by atoms with Gasteiger partial charge in [-0.15, -0.1) is 0 Å². The number of carbonyl (C=O) groups excluding carboxylic acids is 1. The molecular formula is C17H27NO. The van der Waals surface area contributed by atoms with Crippen molar-refractivity contribution in [1.29, 1.82) is 0 Å². The summed E-state index contributed by atoms with van der Waals surface area (Å²) in [6, 6.07) is 8.45. The van der Waals surface area contributed by atoms with Crippen molar-refractivity contribution < 1.29 is 4.79 Å². The van der Waals surface area contributed by atoms with Crippen LogP contribution in [-0.4, -0.2) is 24.4 Å². The van der Waals surface area contributed by atoms with Crippen molar-refractivity contribution >= 4 is 5.91 Å². The third-order valence-electron chi connectivity index (χ3n) is 3.09. The van der Waals surface area contributed by atoms with Crippen molar-refractivity contribution in [1.82, 2.24) is 4.90 Å². The summed E-state index contributed by atoms with van der Waals surface area (Å²) in [6.45, 7) is 9.52. The molecule has 0 fully saturated rings. The van der Waals surface area contributed by atoms with Gasteiger partial charge >= 0.3 is 0 Å². The van der Waals surface area contributed by atoms with Crippen LogP contribution in [0.5, 0.6) is 0 Å². The van der Waals surface area contributed by atoms with E-state index in [-0.39, 0.29) is 5.91 Å². The summed E-state index contributed by atoms with van der Waals surface area (Å²) >= 11 is 0. The molecule has 0 N–H and O–H groups in total. The second-order valence-electron chi connectivity index (χ2n) is 6.26. The maximum absolute atomic E-state index is 12.0. The predicted octanol–water partition coefficient (Wildman–Crippen LogP) is 3.54. The van der Waals surface area contributed by atoms with Gasteiger partial charge in [0.2, 0.25) is 5.91 Å². The van der Waals surface area contributed by atoms with Gasteiger partial charge < -0.3 is 4.90 Å². The molecule has 0 aromatic heterocycles. The molecule has 1 rings (SSSR count). The minimum Gasteiger partial charge on any atom is -0.345 e. The van der Waals surface area contributed by atoms with Crippen LogP contribution in [0.25, 0.3) is 0 Å². The molecule has 0 radical (unpaired) electrons. The molecule has 0 saturated carbocycles. The summed E-state index contributed by atoms with van der Waals surface area (Å²) < 4.78 is 0. The highest BCUT2D eigenvalue weighted by Crippen LogP contribution is 2.11. The fraction of sp³-hybridized carbons (Fsp3) is 0.588. The largest absolute Gasteiger partial charge is 0.345 e. The van der Waals surface area contributed by atoms with E-state index in [2.05, 4.69) is 52.0 Å². The lowest BCUT2D eigenvalue weighted by atomic mass is 10.0. The van der Waals surface area contributed by atoms with Crippen molar-refractivity contribution in [2.45, 2.75) is 40.5 Å². The maximum atomic E-state index is 12.0. The molecule has 2 heteroatoms. The van der Waals surface area contributed by atoms with Crippen molar-refractivity contribution in [2.75, 3.05) is 13.6 Å². The molecule has 0 heterocycles. The lowest BCUT2D eigenvalue weighted by molar-refractivity contribution is -0.129. The number of hydrogen-bond donors (Lipinski definition) is 0. The number of benzene rings is 1.